The van der Waals surface area contributed by atoms with E-state index in [-0.39, 0.29) is 5.06 Å². The van der Waals surface area contributed by atoms with Crippen molar-refractivity contribution in [1.82, 2.24) is 0 Å². The van der Waals surface area contributed by atoms with Crippen molar-refractivity contribution in [2.45, 2.75) is 0 Å². The van der Waals surface area contributed by atoms with Gasteiger partial charge in [0.1, 0.15) is 16.6 Å². The maximum absolute atomic E-state index is 16.6. The van der Waals surface area contributed by atoms with Crippen molar-refractivity contribution in [3.8, 4) is 5.75 Å². The smallest absolute Gasteiger partial charge is 0.178 e. The maximum atomic E-state index is 16.6. The van der Waals surface area contributed by atoms with Crippen LogP contribution >= 0.6 is 14.3 Å². The standard InChI is InChI=1S/C41H32O4P2/c1-44-33-19-16-18-32(29-33)39-30-31-17-14-15-28-38(31)40(45-39)41(46(42,34-20-6-2-7-21-34)35-22-8-3-9-23-35)47(43,36-24-10-4-11-25-36)37-26-12-5-13-27-37/h2-30H,1H3. The lowest BCUT2D eigenvalue weighted by Gasteiger charge is -2.33. The van der Waals surface area contributed by atoms with Crippen LogP contribution in [-0.4, -0.2) is 7.11 Å². The number of hydrogen-bond acceptors (Lipinski definition) is 4. The van der Waals surface area contributed by atoms with Crippen molar-refractivity contribution >= 4 is 53.1 Å². The van der Waals surface area contributed by atoms with Crippen LogP contribution in [0.4, 0.5) is 0 Å². The third kappa shape index (κ3) is 5.51. The van der Waals surface area contributed by atoms with E-state index in [0.717, 1.165) is 11.1 Å². The molecule has 0 fully saturated rings. The second kappa shape index (κ2) is 12.9. The van der Waals surface area contributed by atoms with Gasteiger partial charge in [-0.15, -0.1) is 0 Å². The van der Waals surface area contributed by atoms with E-state index < -0.39 is 14.3 Å². The van der Waals surface area contributed by atoms with Gasteiger partial charge in [-0.25, -0.2) is 0 Å². The SMILES string of the molecule is COc1cccc(C2=Cc3ccccc3C(=C(P(=O)(c3ccccc3)c3ccccc3)P(=O)(c3ccccc3)c3ccccc3)O2)c1. The lowest BCUT2D eigenvalue weighted by Crippen LogP contribution is -2.25. The van der Waals surface area contributed by atoms with Crippen molar-refractivity contribution in [2.24, 2.45) is 0 Å². The maximum Gasteiger partial charge on any atom is 0.178 e. The Morgan fingerprint density at radius 1 is 0.532 bits per heavy atom. The number of benzene rings is 6. The van der Waals surface area contributed by atoms with Crippen LogP contribution in [-0.2, 0) is 13.9 Å². The van der Waals surface area contributed by atoms with Crippen molar-refractivity contribution in [3.05, 3.63) is 192 Å². The topological polar surface area (TPSA) is 52.6 Å². The Kier molecular flexibility index (Phi) is 8.39. The van der Waals surface area contributed by atoms with E-state index in [2.05, 4.69) is 0 Å². The van der Waals surface area contributed by atoms with Crippen LogP contribution in [0.15, 0.2) is 175 Å². The van der Waals surface area contributed by atoms with Crippen LogP contribution in [0.5, 0.6) is 5.75 Å². The van der Waals surface area contributed by atoms with Gasteiger partial charge in [0.15, 0.2) is 20.0 Å². The first-order valence-electron chi connectivity index (χ1n) is 15.3. The summed E-state index contributed by atoms with van der Waals surface area (Å²) in [6, 6.07) is 53.0. The third-order valence-corrected chi connectivity index (χ3v) is 15.7. The molecule has 0 unspecified atom stereocenters. The van der Waals surface area contributed by atoms with Gasteiger partial charge in [-0.05, 0) is 23.8 Å². The highest BCUT2D eigenvalue weighted by Gasteiger charge is 2.48. The molecule has 0 amide bonds. The number of fused-ring (bicyclic) bond motifs is 1. The summed E-state index contributed by atoms with van der Waals surface area (Å²) < 4.78 is 45.8. The average Bonchev–Trinajstić information content (AvgIpc) is 3.16. The minimum absolute atomic E-state index is 0.265. The fraction of sp³-hybridized carbons (Fsp3) is 0.0244. The van der Waals surface area contributed by atoms with Crippen LogP contribution in [0, 0.1) is 0 Å². The van der Waals surface area contributed by atoms with Gasteiger partial charge in [0, 0.05) is 32.3 Å². The molecular formula is C41H32O4P2. The molecule has 0 spiro atoms. The highest BCUT2D eigenvalue weighted by molar-refractivity contribution is 8.00. The molecular weight excluding hydrogens is 618 g/mol. The summed E-state index contributed by atoms with van der Waals surface area (Å²) in [5.74, 6) is 1.54. The molecule has 0 saturated heterocycles. The van der Waals surface area contributed by atoms with E-state index in [4.69, 9.17) is 9.47 Å². The second-order valence-electron chi connectivity index (χ2n) is 11.1. The fourth-order valence-electron chi connectivity index (χ4n) is 6.07. The number of hydrogen-bond donors (Lipinski definition) is 0. The van der Waals surface area contributed by atoms with Crippen molar-refractivity contribution in [2.75, 3.05) is 7.11 Å². The second-order valence-corrected chi connectivity index (χ2v) is 16.9. The predicted molar refractivity (Wildman–Crippen MR) is 195 cm³/mol. The Morgan fingerprint density at radius 3 is 1.45 bits per heavy atom. The molecule has 0 saturated carbocycles. The van der Waals surface area contributed by atoms with Crippen LogP contribution in [0.1, 0.15) is 16.7 Å². The quantitative estimate of drug-likeness (QED) is 0.155. The minimum atomic E-state index is -3.90. The molecule has 1 aliphatic heterocycles. The molecule has 0 aromatic heterocycles. The zero-order valence-electron chi connectivity index (χ0n) is 25.8. The lowest BCUT2D eigenvalue weighted by atomic mass is 10.0. The van der Waals surface area contributed by atoms with Gasteiger partial charge in [0.05, 0.1) is 7.11 Å². The highest BCUT2D eigenvalue weighted by Crippen LogP contribution is 2.72. The van der Waals surface area contributed by atoms with Crippen molar-refractivity contribution in [1.29, 1.82) is 0 Å². The monoisotopic (exact) mass is 650 g/mol. The molecule has 1 aliphatic rings. The third-order valence-electron chi connectivity index (χ3n) is 8.34. The summed E-state index contributed by atoms with van der Waals surface area (Å²) in [5, 5.41) is 2.54. The number of ether oxygens (including phenoxy) is 2. The van der Waals surface area contributed by atoms with E-state index >= 15 is 9.13 Å². The molecule has 0 radical (unpaired) electrons. The van der Waals surface area contributed by atoms with Crippen LogP contribution < -0.4 is 26.0 Å². The first-order valence-corrected chi connectivity index (χ1v) is 18.8. The van der Waals surface area contributed by atoms with Gasteiger partial charge in [-0.1, -0.05) is 158 Å². The fourth-order valence-corrected chi connectivity index (χ4v) is 13.9. The molecule has 0 aliphatic carbocycles. The molecule has 6 aromatic carbocycles. The molecule has 0 atom stereocenters. The van der Waals surface area contributed by atoms with E-state index in [9.17, 15) is 0 Å². The van der Waals surface area contributed by atoms with Crippen molar-refractivity contribution < 1.29 is 18.6 Å². The summed E-state index contributed by atoms with van der Waals surface area (Å²) in [6.07, 6.45) is 1.97. The van der Waals surface area contributed by atoms with E-state index in [1.807, 2.05) is 176 Å². The molecule has 230 valence electrons. The lowest BCUT2D eigenvalue weighted by molar-refractivity contribution is 0.413. The molecule has 0 N–H and O–H groups in total. The molecule has 6 aromatic rings. The normalized spacial score (nSPS) is 12.8. The molecule has 6 heteroatoms. The average molecular weight is 651 g/mol. The highest BCUT2D eigenvalue weighted by atomic mass is 31.2. The Bertz CT molecular complexity index is 2010. The summed E-state index contributed by atoms with van der Waals surface area (Å²) in [6.45, 7) is 0. The van der Waals surface area contributed by atoms with Gasteiger partial charge >= 0.3 is 0 Å². The molecule has 47 heavy (non-hydrogen) atoms. The Morgan fingerprint density at radius 2 is 0.979 bits per heavy atom. The molecule has 7 rings (SSSR count). The van der Waals surface area contributed by atoms with E-state index in [1.54, 1.807) is 7.11 Å². The first kappa shape index (κ1) is 30.5. The zero-order valence-corrected chi connectivity index (χ0v) is 27.6. The van der Waals surface area contributed by atoms with Crippen molar-refractivity contribution in [3.63, 3.8) is 0 Å². The van der Waals surface area contributed by atoms with Gasteiger partial charge in [-0.2, -0.15) is 0 Å². The molecule has 0 bridgehead atoms. The van der Waals surface area contributed by atoms with Gasteiger partial charge in [-0.3, -0.25) is 0 Å². The van der Waals surface area contributed by atoms with E-state index in [1.165, 1.54) is 0 Å². The summed E-state index contributed by atoms with van der Waals surface area (Å²) in [5.41, 5.74) is 2.36. The van der Waals surface area contributed by atoms with Crippen LogP contribution in [0.25, 0.3) is 17.6 Å². The minimum Gasteiger partial charge on any atom is -0.497 e. The largest absolute Gasteiger partial charge is 0.497 e. The van der Waals surface area contributed by atoms with Crippen LogP contribution in [0.2, 0.25) is 0 Å². The summed E-state index contributed by atoms with van der Waals surface area (Å²) in [4.78, 5) is 0. The summed E-state index contributed by atoms with van der Waals surface area (Å²) in [7, 11) is -6.18. The number of methoxy groups -OCH3 is 1. The number of rotatable bonds is 8. The van der Waals surface area contributed by atoms with Crippen LogP contribution in [0.3, 0.4) is 0 Å². The van der Waals surface area contributed by atoms with Gasteiger partial charge < -0.3 is 18.6 Å². The predicted octanol–water partition coefficient (Wildman–Crippen LogP) is 8.88. The van der Waals surface area contributed by atoms with Gasteiger partial charge in [0.25, 0.3) is 0 Å². The zero-order chi connectivity index (χ0) is 32.3. The van der Waals surface area contributed by atoms with E-state index in [0.29, 0.717) is 44.0 Å². The Hall–Kier alpha value is -5.14. The first-order chi connectivity index (χ1) is 23.0. The molecule has 4 nitrogen and oxygen atoms in total. The Balaban J connectivity index is 1.67. The summed E-state index contributed by atoms with van der Waals surface area (Å²) >= 11 is 0. The van der Waals surface area contributed by atoms with Gasteiger partial charge in [0.2, 0.25) is 0 Å². The Labute approximate surface area is 275 Å². The molecule has 1 heterocycles.